The molecule has 0 atom stereocenters. The number of nitrogens with two attached hydrogens (primary N) is 1. The third-order valence-corrected chi connectivity index (χ3v) is 2.12. The van der Waals surface area contributed by atoms with E-state index in [1.54, 1.807) is 0 Å². The van der Waals surface area contributed by atoms with Crippen molar-refractivity contribution in [3.63, 3.8) is 0 Å². The lowest BCUT2D eigenvalue weighted by Gasteiger charge is -1.98. The Labute approximate surface area is 66.2 Å². The summed E-state index contributed by atoms with van der Waals surface area (Å²) in [6.07, 6.45) is 4.69. The predicted molar refractivity (Wildman–Crippen MR) is 43.1 cm³/mol. The monoisotopic (exact) mass is 151 g/mol. The van der Waals surface area contributed by atoms with E-state index in [1.165, 1.54) is 12.8 Å². The number of rotatable bonds is 2. The topological polar surface area (TPSA) is 43.8 Å². The van der Waals surface area contributed by atoms with Crippen molar-refractivity contribution in [3.05, 3.63) is 17.7 Å². The fraction of sp³-hybridized carbons (Fsp3) is 0.625. The minimum Gasteiger partial charge on any atom is -0.332 e. The smallest absolute Gasteiger partial charge is 0.106 e. The molecule has 1 aliphatic carbocycles. The second kappa shape index (κ2) is 2.34. The molecule has 11 heavy (non-hydrogen) atoms. The molecule has 2 rings (SSSR count). The van der Waals surface area contributed by atoms with Gasteiger partial charge in [-0.15, -0.1) is 0 Å². The Morgan fingerprint density at radius 3 is 2.91 bits per heavy atom. The van der Waals surface area contributed by atoms with Crippen LogP contribution in [0.5, 0.6) is 0 Å². The van der Waals surface area contributed by atoms with Gasteiger partial charge >= 0.3 is 0 Å². The first-order chi connectivity index (χ1) is 5.31. The van der Waals surface area contributed by atoms with Crippen LogP contribution in [0.15, 0.2) is 6.20 Å². The van der Waals surface area contributed by atoms with Crippen molar-refractivity contribution < 1.29 is 0 Å². The maximum absolute atomic E-state index is 5.48. The van der Waals surface area contributed by atoms with Gasteiger partial charge in [0, 0.05) is 18.8 Å². The van der Waals surface area contributed by atoms with Crippen LogP contribution < -0.4 is 5.73 Å². The molecule has 1 heterocycles. The molecule has 1 aromatic rings. The summed E-state index contributed by atoms with van der Waals surface area (Å²) < 4.78 is 2.24. The highest BCUT2D eigenvalue weighted by atomic mass is 15.1. The Balaban J connectivity index is 2.30. The maximum atomic E-state index is 5.48. The number of hydrogen-bond donors (Lipinski definition) is 1. The summed E-state index contributed by atoms with van der Waals surface area (Å²) in [7, 11) is 0. The molecule has 3 nitrogen and oxygen atoms in total. The molecule has 1 fully saturated rings. The predicted octanol–water partition coefficient (Wildman–Crippen LogP) is 0.985. The summed E-state index contributed by atoms with van der Waals surface area (Å²) in [4.78, 5) is 4.33. The molecular formula is C8H13N3. The minimum absolute atomic E-state index is 0.556. The standard InChI is InChI=1S/C8H13N3/c1-6-10-7(4-9)5-11(6)8-2-3-8/h5,8H,2-4,9H2,1H3. The Kier molecular flexibility index (Phi) is 1.46. The molecule has 1 aliphatic rings. The highest BCUT2D eigenvalue weighted by molar-refractivity contribution is 5.06. The molecule has 0 bridgehead atoms. The number of imidazole rings is 1. The zero-order chi connectivity index (χ0) is 7.84. The molecular weight excluding hydrogens is 138 g/mol. The summed E-state index contributed by atoms with van der Waals surface area (Å²) in [6, 6.07) is 0.725. The van der Waals surface area contributed by atoms with E-state index in [0.717, 1.165) is 17.6 Å². The average Bonchev–Trinajstić information content (AvgIpc) is 2.76. The molecule has 0 aliphatic heterocycles. The Bertz CT molecular complexity index is 260. The second-order valence-corrected chi connectivity index (χ2v) is 3.12. The lowest BCUT2D eigenvalue weighted by molar-refractivity contribution is 0.710. The molecule has 0 saturated heterocycles. The SMILES string of the molecule is Cc1nc(CN)cn1C1CC1. The van der Waals surface area contributed by atoms with Gasteiger partial charge < -0.3 is 10.3 Å². The van der Waals surface area contributed by atoms with Crippen molar-refractivity contribution >= 4 is 0 Å². The molecule has 1 aromatic heterocycles. The summed E-state index contributed by atoms with van der Waals surface area (Å²) in [6.45, 7) is 2.60. The fourth-order valence-corrected chi connectivity index (χ4v) is 1.37. The van der Waals surface area contributed by atoms with Gasteiger partial charge in [0.05, 0.1) is 5.69 Å². The summed E-state index contributed by atoms with van der Waals surface area (Å²) in [5.74, 6) is 1.10. The fourth-order valence-electron chi connectivity index (χ4n) is 1.37. The van der Waals surface area contributed by atoms with Crippen molar-refractivity contribution in [2.45, 2.75) is 32.4 Å². The lowest BCUT2D eigenvalue weighted by atomic mass is 10.5. The Hall–Kier alpha value is -0.830. The van der Waals surface area contributed by atoms with Crippen LogP contribution in [0.2, 0.25) is 0 Å². The zero-order valence-corrected chi connectivity index (χ0v) is 6.75. The first-order valence-corrected chi connectivity index (χ1v) is 4.05. The molecule has 0 amide bonds. The van der Waals surface area contributed by atoms with E-state index in [1.807, 2.05) is 6.92 Å². The molecule has 1 saturated carbocycles. The van der Waals surface area contributed by atoms with E-state index in [2.05, 4.69) is 15.7 Å². The minimum atomic E-state index is 0.556. The molecule has 3 heteroatoms. The van der Waals surface area contributed by atoms with Crippen LogP contribution in [-0.2, 0) is 6.54 Å². The van der Waals surface area contributed by atoms with E-state index in [4.69, 9.17) is 5.73 Å². The number of nitrogens with zero attached hydrogens (tertiary/aromatic N) is 2. The number of aryl methyl sites for hydroxylation is 1. The van der Waals surface area contributed by atoms with Gasteiger partial charge in [-0.05, 0) is 19.8 Å². The largest absolute Gasteiger partial charge is 0.332 e. The average molecular weight is 151 g/mol. The van der Waals surface area contributed by atoms with Crippen molar-refractivity contribution in [1.82, 2.24) is 9.55 Å². The lowest BCUT2D eigenvalue weighted by Crippen LogP contribution is -1.95. The van der Waals surface area contributed by atoms with Crippen molar-refractivity contribution in [1.29, 1.82) is 0 Å². The third-order valence-electron chi connectivity index (χ3n) is 2.12. The van der Waals surface area contributed by atoms with Crippen LogP contribution in [-0.4, -0.2) is 9.55 Å². The molecule has 60 valence electrons. The van der Waals surface area contributed by atoms with Gasteiger partial charge in [-0.1, -0.05) is 0 Å². The first-order valence-electron chi connectivity index (χ1n) is 4.05. The normalized spacial score (nSPS) is 17.3. The van der Waals surface area contributed by atoms with Crippen LogP contribution in [0.3, 0.4) is 0 Å². The maximum Gasteiger partial charge on any atom is 0.106 e. The summed E-state index contributed by atoms with van der Waals surface area (Å²) in [5.41, 5.74) is 6.49. The highest BCUT2D eigenvalue weighted by Gasteiger charge is 2.24. The van der Waals surface area contributed by atoms with Gasteiger partial charge in [0.1, 0.15) is 5.82 Å². The van der Waals surface area contributed by atoms with Crippen molar-refractivity contribution in [2.75, 3.05) is 0 Å². The van der Waals surface area contributed by atoms with Gasteiger partial charge in [0.25, 0.3) is 0 Å². The van der Waals surface area contributed by atoms with E-state index in [-0.39, 0.29) is 0 Å². The van der Waals surface area contributed by atoms with Crippen LogP contribution in [0.1, 0.15) is 30.4 Å². The van der Waals surface area contributed by atoms with E-state index < -0.39 is 0 Å². The summed E-state index contributed by atoms with van der Waals surface area (Å²) in [5, 5.41) is 0. The molecule has 0 spiro atoms. The molecule has 0 radical (unpaired) electrons. The van der Waals surface area contributed by atoms with Gasteiger partial charge in [-0.2, -0.15) is 0 Å². The molecule has 0 aromatic carbocycles. The first kappa shape index (κ1) is 6.85. The van der Waals surface area contributed by atoms with Gasteiger partial charge in [-0.25, -0.2) is 4.98 Å². The van der Waals surface area contributed by atoms with Crippen LogP contribution in [0, 0.1) is 6.92 Å². The van der Waals surface area contributed by atoms with E-state index >= 15 is 0 Å². The van der Waals surface area contributed by atoms with Crippen LogP contribution in [0.4, 0.5) is 0 Å². The van der Waals surface area contributed by atoms with Crippen molar-refractivity contribution in [3.8, 4) is 0 Å². The van der Waals surface area contributed by atoms with Gasteiger partial charge in [0.15, 0.2) is 0 Å². The van der Waals surface area contributed by atoms with E-state index in [9.17, 15) is 0 Å². The van der Waals surface area contributed by atoms with E-state index in [0.29, 0.717) is 6.54 Å². The Morgan fingerprint density at radius 1 is 1.73 bits per heavy atom. The third kappa shape index (κ3) is 1.16. The molecule has 0 unspecified atom stereocenters. The number of aromatic nitrogens is 2. The van der Waals surface area contributed by atoms with Gasteiger partial charge in [-0.3, -0.25) is 0 Å². The number of hydrogen-bond acceptors (Lipinski definition) is 2. The van der Waals surface area contributed by atoms with Crippen molar-refractivity contribution in [2.24, 2.45) is 5.73 Å². The van der Waals surface area contributed by atoms with Crippen LogP contribution >= 0.6 is 0 Å². The van der Waals surface area contributed by atoms with Crippen LogP contribution in [0.25, 0.3) is 0 Å². The Morgan fingerprint density at radius 2 is 2.45 bits per heavy atom. The molecule has 2 N–H and O–H groups in total. The van der Waals surface area contributed by atoms with Gasteiger partial charge in [0.2, 0.25) is 0 Å². The quantitative estimate of drug-likeness (QED) is 0.684. The summed E-state index contributed by atoms with van der Waals surface area (Å²) >= 11 is 0. The second-order valence-electron chi connectivity index (χ2n) is 3.12. The highest BCUT2D eigenvalue weighted by Crippen LogP contribution is 2.35. The zero-order valence-electron chi connectivity index (χ0n) is 6.75.